The molecule has 0 atom stereocenters. The summed E-state index contributed by atoms with van der Waals surface area (Å²) in [6, 6.07) is 2.66. The maximum absolute atomic E-state index is 11.9. The highest BCUT2D eigenvalue weighted by molar-refractivity contribution is 5.98. The lowest BCUT2D eigenvalue weighted by molar-refractivity contribution is 0.0697. The van der Waals surface area contributed by atoms with Gasteiger partial charge in [-0.25, -0.2) is 14.6 Å². The van der Waals surface area contributed by atoms with Crippen molar-refractivity contribution < 1.29 is 14.7 Å². The molecule has 1 fully saturated rings. The van der Waals surface area contributed by atoms with Gasteiger partial charge in [-0.15, -0.1) is 0 Å². The summed E-state index contributed by atoms with van der Waals surface area (Å²) in [6.45, 7) is 1.42. The molecule has 0 unspecified atom stereocenters. The van der Waals surface area contributed by atoms with E-state index in [0.29, 0.717) is 13.1 Å². The minimum absolute atomic E-state index is 0.00265. The van der Waals surface area contributed by atoms with Crippen molar-refractivity contribution in [3.05, 3.63) is 23.9 Å². The predicted molar refractivity (Wildman–Crippen MR) is 65.6 cm³/mol. The van der Waals surface area contributed by atoms with Crippen molar-refractivity contribution in [2.24, 2.45) is 0 Å². The number of carbonyl (C=O) groups is 2. The molecule has 0 spiro atoms. The molecule has 0 radical (unpaired) electrons. The van der Waals surface area contributed by atoms with Crippen molar-refractivity contribution in [3.8, 4) is 0 Å². The smallest absolute Gasteiger partial charge is 0.339 e. The zero-order valence-electron chi connectivity index (χ0n) is 9.93. The molecule has 2 N–H and O–H groups in total. The van der Waals surface area contributed by atoms with Crippen molar-refractivity contribution in [2.45, 2.75) is 19.3 Å². The van der Waals surface area contributed by atoms with E-state index in [1.54, 1.807) is 4.90 Å². The highest BCUT2D eigenvalue weighted by atomic mass is 16.4. The maximum atomic E-state index is 11.9. The zero-order valence-corrected chi connectivity index (χ0v) is 9.93. The first-order valence-electron chi connectivity index (χ1n) is 5.93. The van der Waals surface area contributed by atoms with E-state index >= 15 is 0 Å². The average Bonchev–Trinajstić information content (AvgIpc) is 2.40. The normalized spacial score (nSPS) is 15.2. The number of nitrogens with one attached hydrogen (secondary N) is 1. The molecule has 6 heteroatoms. The van der Waals surface area contributed by atoms with E-state index in [1.807, 2.05) is 0 Å². The molecule has 0 aliphatic carbocycles. The van der Waals surface area contributed by atoms with E-state index < -0.39 is 5.97 Å². The Labute approximate surface area is 105 Å². The number of carboxylic acids is 1. The van der Waals surface area contributed by atoms with Crippen LogP contribution in [-0.4, -0.2) is 40.1 Å². The zero-order chi connectivity index (χ0) is 13.0. The Morgan fingerprint density at radius 3 is 2.67 bits per heavy atom. The van der Waals surface area contributed by atoms with E-state index in [9.17, 15) is 9.59 Å². The van der Waals surface area contributed by atoms with E-state index in [-0.39, 0.29) is 17.4 Å². The number of nitrogens with zero attached hydrogens (tertiary/aromatic N) is 2. The molecule has 96 valence electrons. The minimum Gasteiger partial charge on any atom is -0.478 e. The van der Waals surface area contributed by atoms with Gasteiger partial charge in [0.2, 0.25) is 0 Å². The number of hydrogen-bond donors (Lipinski definition) is 2. The monoisotopic (exact) mass is 249 g/mol. The lowest BCUT2D eigenvalue weighted by Crippen LogP contribution is -2.39. The molecule has 2 amide bonds. The number of pyridine rings is 1. The summed E-state index contributed by atoms with van der Waals surface area (Å²) < 4.78 is 0. The number of hydrogen-bond acceptors (Lipinski definition) is 3. The van der Waals surface area contributed by atoms with Crippen molar-refractivity contribution in [1.29, 1.82) is 0 Å². The Hall–Kier alpha value is -2.11. The number of anilines is 1. The summed E-state index contributed by atoms with van der Waals surface area (Å²) in [5.74, 6) is -1.00. The number of rotatable bonds is 2. The third kappa shape index (κ3) is 2.77. The van der Waals surface area contributed by atoms with Crippen LogP contribution in [-0.2, 0) is 0 Å². The van der Waals surface area contributed by atoms with E-state index in [4.69, 9.17) is 5.11 Å². The van der Waals surface area contributed by atoms with E-state index in [0.717, 1.165) is 19.3 Å². The van der Waals surface area contributed by atoms with Gasteiger partial charge in [-0.05, 0) is 31.4 Å². The Morgan fingerprint density at radius 2 is 2.00 bits per heavy atom. The fourth-order valence-corrected chi connectivity index (χ4v) is 1.95. The van der Waals surface area contributed by atoms with Crippen molar-refractivity contribution in [3.63, 3.8) is 0 Å². The largest absolute Gasteiger partial charge is 0.478 e. The van der Waals surface area contributed by atoms with Gasteiger partial charge in [0.05, 0.1) is 0 Å². The Balaban J connectivity index is 2.08. The van der Waals surface area contributed by atoms with Gasteiger partial charge < -0.3 is 10.0 Å². The first kappa shape index (κ1) is 12.3. The molecule has 2 heterocycles. The topological polar surface area (TPSA) is 82.5 Å². The number of carbonyl (C=O) groups excluding carboxylic acids is 1. The minimum atomic E-state index is -1.10. The van der Waals surface area contributed by atoms with Crippen LogP contribution in [0.15, 0.2) is 18.3 Å². The molecule has 18 heavy (non-hydrogen) atoms. The van der Waals surface area contributed by atoms with Gasteiger partial charge in [-0.1, -0.05) is 0 Å². The van der Waals surface area contributed by atoms with Crippen LogP contribution in [0.25, 0.3) is 0 Å². The Kier molecular flexibility index (Phi) is 3.76. The molecule has 1 aromatic heterocycles. The fourth-order valence-electron chi connectivity index (χ4n) is 1.95. The van der Waals surface area contributed by atoms with Crippen molar-refractivity contribution in [2.75, 3.05) is 18.4 Å². The van der Waals surface area contributed by atoms with Crippen LogP contribution in [0.4, 0.5) is 10.6 Å². The van der Waals surface area contributed by atoms with Gasteiger partial charge in [0.1, 0.15) is 11.4 Å². The van der Waals surface area contributed by atoms with Crippen LogP contribution in [0.2, 0.25) is 0 Å². The van der Waals surface area contributed by atoms with Crippen LogP contribution in [0.3, 0.4) is 0 Å². The van der Waals surface area contributed by atoms with Gasteiger partial charge in [0.25, 0.3) is 0 Å². The second-order valence-electron chi connectivity index (χ2n) is 4.18. The summed E-state index contributed by atoms with van der Waals surface area (Å²) in [6.07, 6.45) is 4.56. The molecule has 1 saturated heterocycles. The summed E-state index contributed by atoms with van der Waals surface area (Å²) in [7, 11) is 0. The molecular weight excluding hydrogens is 234 g/mol. The molecule has 0 aromatic carbocycles. The second kappa shape index (κ2) is 5.48. The first-order chi connectivity index (χ1) is 8.68. The molecule has 2 rings (SSSR count). The van der Waals surface area contributed by atoms with E-state index in [1.165, 1.54) is 18.3 Å². The summed E-state index contributed by atoms with van der Waals surface area (Å²) in [4.78, 5) is 28.5. The first-order valence-corrected chi connectivity index (χ1v) is 5.93. The van der Waals surface area contributed by atoms with E-state index in [2.05, 4.69) is 10.3 Å². The highest BCUT2D eigenvalue weighted by Crippen LogP contribution is 2.14. The fraction of sp³-hybridized carbons (Fsp3) is 0.417. The third-order valence-electron chi connectivity index (χ3n) is 2.91. The molecule has 6 nitrogen and oxygen atoms in total. The Bertz CT molecular complexity index is 456. The lowest BCUT2D eigenvalue weighted by Gasteiger charge is -2.26. The van der Waals surface area contributed by atoms with Crippen molar-refractivity contribution in [1.82, 2.24) is 9.88 Å². The average molecular weight is 249 g/mol. The standard InChI is InChI=1S/C12H15N3O3/c16-11(17)9-5-4-6-13-10(9)14-12(18)15-7-2-1-3-8-15/h4-6H,1-3,7-8H2,(H,16,17)(H,13,14,18). The Morgan fingerprint density at radius 1 is 1.28 bits per heavy atom. The van der Waals surface area contributed by atoms with Crippen LogP contribution >= 0.6 is 0 Å². The number of amides is 2. The third-order valence-corrected chi connectivity index (χ3v) is 2.91. The van der Waals surface area contributed by atoms with Crippen LogP contribution in [0, 0.1) is 0 Å². The SMILES string of the molecule is O=C(O)c1cccnc1NC(=O)N1CCCCC1. The molecule has 1 aromatic rings. The molecule has 1 aliphatic rings. The number of carboxylic acid groups (broad SMARTS) is 1. The van der Waals surface area contributed by atoms with Crippen molar-refractivity contribution >= 4 is 17.8 Å². The summed E-state index contributed by atoms with van der Waals surface area (Å²) in [5.41, 5.74) is 0.00265. The number of likely N-dealkylation sites (tertiary alicyclic amines) is 1. The molecule has 0 saturated carbocycles. The summed E-state index contributed by atoms with van der Waals surface area (Å²) >= 11 is 0. The maximum Gasteiger partial charge on any atom is 0.339 e. The number of urea groups is 1. The predicted octanol–water partition coefficient (Wildman–Crippen LogP) is 1.80. The summed E-state index contributed by atoms with van der Waals surface area (Å²) in [5, 5.41) is 11.5. The van der Waals surface area contributed by atoms with Crippen LogP contribution in [0.5, 0.6) is 0 Å². The number of piperidine rings is 1. The molecular formula is C12H15N3O3. The molecule has 1 aliphatic heterocycles. The molecule has 0 bridgehead atoms. The number of aromatic nitrogens is 1. The lowest BCUT2D eigenvalue weighted by atomic mass is 10.1. The van der Waals surface area contributed by atoms with Crippen LogP contribution in [0.1, 0.15) is 29.6 Å². The second-order valence-corrected chi connectivity index (χ2v) is 4.18. The van der Waals surface area contributed by atoms with Gasteiger partial charge in [0, 0.05) is 19.3 Å². The quantitative estimate of drug-likeness (QED) is 0.837. The number of aromatic carboxylic acids is 1. The highest BCUT2D eigenvalue weighted by Gasteiger charge is 2.19. The van der Waals surface area contributed by atoms with Gasteiger partial charge >= 0.3 is 12.0 Å². The van der Waals surface area contributed by atoms with Gasteiger partial charge in [-0.2, -0.15) is 0 Å². The van der Waals surface area contributed by atoms with Gasteiger partial charge in [0.15, 0.2) is 0 Å². The van der Waals surface area contributed by atoms with Crippen LogP contribution < -0.4 is 5.32 Å². The van der Waals surface area contributed by atoms with Gasteiger partial charge in [-0.3, -0.25) is 5.32 Å².